The summed E-state index contributed by atoms with van der Waals surface area (Å²) < 4.78 is 0. The van der Waals surface area contributed by atoms with Gasteiger partial charge in [-0.25, -0.2) is 0 Å². The van der Waals surface area contributed by atoms with Crippen molar-refractivity contribution in [3.63, 3.8) is 0 Å². The molecule has 0 radical (unpaired) electrons. The average Bonchev–Trinajstić information content (AvgIpc) is 2.83. The van der Waals surface area contributed by atoms with Crippen LogP contribution in [-0.2, 0) is 5.41 Å². The van der Waals surface area contributed by atoms with Crippen molar-refractivity contribution in [1.82, 2.24) is 0 Å². The number of unbranched alkanes of at least 4 members (excludes halogenated alkanes) is 12. The van der Waals surface area contributed by atoms with Gasteiger partial charge in [-0.1, -0.05) is 143 Å². The molecule has 33 heavy (non-hydrogen) atoms. The second-order valence-electron chi connectivity index (χ2n) is 10.7. The number of hydrogen-bond donors (Lipinski definition) is 1. The minimum Gasteiger partial charge on any atom is -0.508 e. The van der Waals surface area contributed by atoms with Gasteiger partial charge in [-0.2, -0.15) is 0 Å². The summed E-state index contributed by atoms with van der Waals surface area (Å²) in [5.41, 5.74) is 1.78. The quantitative estimate of drug-likeness (QED) is 0.171. The van der Waals surface area contributed by atoms with Crippen molar-refractivity contribution < 1.29 is 5.11 Å². The smallest absolute Gasteiger partial charge is 0.115 e. The molecule has 1 N–H and O–H groups in total. The van der Waals surface area contributed by atoms with Gasteiger partial charge >= 0.3 is 0 Å². The molecule has 1 nitrogen and oxygen atoms in total. The van der Waals surface area contributed by atoms with Crippen LogP contribution in [-0.4, -0.2) is 5.11 Å². The zero-order valence-corrected chi connectivity index (χ0v) is 23.0. The predicted molar refractivity (Wildman–Crippen MR) is 148 cm³/mol. The molecule has 1 aromatic carbocycles. The second-order valence-corrected chi connectivity index (χ2v) is 10.7. The van der Waals surface area contributed by atoms with E-state index in [9.17, 15) is 5.11 Å². The van der Waals surface area contributed by atoms with E-state index in [2.05, 4.69) is 39.8 Å². The molecule has 1 rings (SSSR count). The Morgan fingerprint density at radius 1 is 0.545 bits per heavy atom. The Morgan fingerprint density at radius 2 is 0.970 bits per heavy atom. The highest BCUT2D eigenvalue weighted by Crippen LogP contribution is 2.46. The summed E-state index contributed by atoms with van der Waals surface area (Å²) in [6.07, 6.45) is 27.3. The highest BCUT2D eigenvalue weighted by molar-refractivity contribution is 5.32. The number of phenols is 1. The minimum absolute atomic E-state index is 0.286. The fourth-order valence-electron chi connectivity index (χ4n) is 5.86. The van der Waals surface area contributed by atoms with Crippen molar-refractivity contribution in [3.05, 3.63) is 29.8 Å². The number of aromatic hydroxyl groups is 1. The molecule has 0 aliphatic rings. The Kier molecular flexibility index (Phi) is 17.6. The van der Waals surface area contributed by atoms with Crippen LogP contribution in [0.1, 0.15) is 162 Å². The van der Waals surface area contributed by atoms with Crippen LogP contribution >= 0.6 is 0 Å². The molecule has 0 spiro atoms. The van der Waals surface area contributed by atoms with E-state index >= 15 is 0 Å². The highest BCUT2D eigenvalue weighted by atomic mass is 16.3. The molecule has 0 bridgehead atoms. The lowest BCUT2D eigenvalue weighted by Gasteiger charge is -2.43. The number of hydrogen-bond acceptors (Lipinski definition) is 1. The largest absolute Gasteiger partial charge is 0.508 e. The molecule has 0 amide bonds. The molecule has 1 heteroatoms. The lowest BCUT2D eigenvalue weighted by atomic mass is 9.61. The zero-order chi connectivity index (χ0) is 24.2. The van der Waals surface area contributed by atoms with Gasteiger partial charge in [0.05, 0.1) is 0 Å². The van der Waals surface area contributed by atoms with Crippen molar-refractivity contribution in [2.24, 2.45) is 5.92 Å². The third-order valence-corrected chi connectivity index (χ3v) is 7.99. The third kappa shape index (κ3) is 11.8. The summed E-state index contributed by atoms with van der Waals surface area (Å²) in [5, 5.41) is 9.96. The first-order valence-corrected chi connectivity index (χ1v) is 14.9. The third-order valence-electron chi connectivity index (χ3n) is 7.99. The van der Waals surface area contributed by atoms with E-state index in [0.29, 0.717) is 5.75 Å². The first kappa shape index (κ1) is 30.1. The minimum atomic E-state index is 0.286. The van der Waals surface area contributed by atoms with Crippen LogP contribution in [0.4, 0.5) is 0 Å². The maximum Gasteiger partial charge on any atom is 0.115 e. The van der Waals surface area contributed by atoms with Gasteiger partial charge in [-0.05, 0) is 54.7 Å². The van der Waals surface area contributed by atoms with E-state index < -0.39 is 0 Å². The molecule has 0 aliphatic heterocycles. The Bertz CT molecular complexity index is 538. The van der Waals surface area contributed by atoms with Crippen LogP contribution in [0.15, 0.2) is 24.3 Å². The Hall–Kier alpha value is -0.980. The molecule has 0 saturated heterocycles. The SMILES string of the molecule is CCCCCCCCCCCCC(CCCC)C(CCCC)(CCCC)c1ccc(O)cc1. The topological polar surface area (TPSA) is 20.2 Å². The molecule has 1 unspecified atom stereocenters. The van der Waals surface area contributed by atoms with Gasteiger partial charge in [0.25, 0.3) is 0 Å². The summed E-state index contributed by atoms with van der Waals surface area (Å²) >= 11 is 0. The maximum atomic E-state index is 9.96. The summed E-state index contributed by atoms with van der Waals surface area (Å²) in [4.78, 5) is 0. The molecule has 0 aromatic heterocycles. The van der Waals surface area contributed by atoms with Crippen molar-refractivity contribution in [1.29, 1.82) is 0 Å². The van der Waals surface area contributed by atoms with Crippen LogP contribution in [0, 0.1) is 5.92 Å². The van der Waals surface area contributed by atoms with Gasteiger partial charge in [0, 0.05) is 0 Å². The van der Waals surface area contributed by atoms with E-state index in [4.69, 9.17) is 0 Å². The summed E-state index contributed by atoms with van der Waals surface area (Å²) in [7, 11) is 0. The van der Waals surface area contributed by atoms with Crippen LogP contribution in [0.2, 0.25) is 0 Å². The lowest BCUT2D eigenvalue weighted by molar-refractivity contribution is 0.187. The fourth-order valence-corrected chi connectivity index (χ4v) is 5.86. The molecule has 1 atom stereocenters. The number of benzene rings is 1. The van der Waals surface area contributed by atoms with Crippen molar-refractivity contribution in [2.75, 3.05) is 0 Å². The normalized spacial score (nSPS) is 12.8. The lowest BCUT2D eigenvalue weighted by Crippen LogP contribution is -2.36. The summed E-state index contributed by atoms with van der Waals surface area (Å²) in [6.45, 7) is 9.32. The molecule has 192 valence electrons. The van der Waals surface area contributed by atoms with Gasteiger partial charge in [0.15, 0.2) is 0 Å². The van der Waals surface area contributed by atoms with E-state index in [-0.39, 0.29) is 5.41 Å². The Balaban J connectivity index is 2.80. The second kappa shape index (κ2) is 19.3. The summed E-state index contributed by atoms with van der Waals surface area (Å²) in [6, 6.07) is 8.36. The first-order chi connectivity index (χ1) is 16.1. The maximum absolute atomic E-state index is 9.96. The van der Waals surface area contributed by atoms with Gasteiger partial charge in [0.1, 0.15) is 5.75 Å². The van der Waals surface area contributed by atoms with Gasteiger partial charge < -0.3 is 5.11 Å². The molecular formula is C32H58O. The number of rotatable bonds is 22. The van der Waals surface area contributed by atoms with Gasteiger partial charge in [-0.15, -0.1) is 0 Å². The summed E-state index contributed by atoms with van der Waals surface area (Å²) in [5.74, 6) is 1.17. The van der Waals surface area contributed by atoms with Crippen molar-refractivity contribution >= 4 is 0 Å². The van der Waals surface area contributed by atoms with Crippen LogP contribution in [0.3, 0.4) is 0 Å². The van der Waals surface area contributed by atoms with Crippen LogP contribution in [0.5, 0.6) is 5.75 Å². The van der Waals surface area contributed by atoms with Crippen LogP contribution in [0.25, 0.3) is 0 Å². The Labute approximate surface area is 208 Å². The van der Waals surface area contributed by atoms with E-state index in [0.717, 1.165) is 5.92 Å². The standard InChI is InChI=1S/C32H58O/c1-5-9-13-14-15-16-17-18-19-20-22-29(21-10-6-2)32(27-11-7-3,28-12-8-4)30-23-25-31(33)26-24-30/h23-26,29,33H,5-22,27-28H2,1-4H3. The van der Waals surface area contributed by atoms with Crippen molar-refractivity contribution in [2.45, 2.75) is 162 Å². The fraction of sp³-hybridized carbons (Fsp3) is 0.812. The van der Waals surface area contributed by atoms with Gasteiger partial charge in [0.2, 0.25) is 0 Å². The molecule has 0 aliphatic carbocycles. The molecule has 0 fully saturated rings. The van der Waals surface area contributed by atoms with E-state index in [1.165, 1.54) is 134 Å². The van der Waals surface area contributed by atoms with E-state index in [1.807, 2.05) is 12.1 Å². The number of phenolic OH excluding ortho intramolecular Hbond substituents is 1. The molecular weight excluding hydrogens is 400 g/mol. The van der Waals surface area contributed by atoms with Crippen LogP contribution < -0.4 is 0 Å². The van der Waals surface area contributed by atoms with E-state index in [1.54, 1.807) is 0 Å². The molecule has 1 aromatic rings. The Morgan fingerprint density at radius 3 is 1.45 bits per heavy atom. The van der Waals surface area contributed by atoms with Gasteiger partial charge in [-0.3, -0.25) is 0 Å². The monoisotopic (exact) mass is 458 g/mol. The molecule has 0 saturated carbocycles. The highest BCUT2D eigenvalue weighted by Gasteiger charge is 2.38. The van der Waals surface area contributed by atoms with Crippen molar-refractivity contribution in [3.8, 4) is 5.75 Å². The average molecular weight is 459 g/mol. The zero-order valence-electron chi connectivity index (χ0n) is 23.0. The first-order valence-electron chi connectivity index (χ1n) is 14.9. The predicted octanol–water partition coefficient (Wildman–Crippen LogP) is 11.1. The molecule has 0 heterocycles.